The van der Waals surface area contributed by atoms with Gasteiger partial charge in [0.2, 0.25) is 0 Å². The average molecular weight is 336 g/mol. The van der Waals surface area contributed by atoms with Gasteiger partial charge in [0, 0.05) is 0 Å². The van der Waals surface area contributed by atoms with Crippen LogP contribution in [-0.4, -0.2) is 0 Å². The van der Waals surface area contributed by atoms with E-state index in [0.29, 0.717) is 5.92 Å². The molecule has 0 aliphatic heterocycles. The van der Waals surface area contributed by atoms with Crippen LogP contribution in [0.2, 0.25) is 0 Å². The summed E-state index contributed by atoms with van der Waals surface area (Å²) >= 11 is 0. The van der Waals surface area contributed by atoms with Gasteiger partial charge in [-0.3, -0.25) is 0 Å². The van der Waals surface area contributed by atoms with Crippen LogP contribution < -0.4 is 0 Å². The van der Waals surface area contributed by atoms with E-state index in [-0.39, 0.29) is 5.41 Å². The molecule has 128 valence electrons. The van der Waals surface area contributed by atoms with Crippen LogP contribution in [0.1, 0.15) is 42.9 Å². The molecule has 0 heteroatoms. The summed E-state index contributed by atoms with van der Waals surface area (Å²) in [5.74, 6) is 0.565. The summed E-state index contributed by atoms with van der Waals surface area (Å²) in [5.41, 5.74) is 8.58. The molecule has 0 N–H and O–H groups in total. The van der Waals surface area contributed by atoms with E-state index < -0.39 is 0 Å². The molecular weight excluding hydrogens is 312 g/mol. The fourth-order valence-corrected chi connectivity index (χ4v) is 5.16. The van der Waals surface area contributed by atoms with Crippen molar-refractivity contribution in [1.82, 2.24) is 0 Å². The van der Waals surface area contributed by atoms with Gasteiger partial charge in [0.25, 0.3) is 0 Å². The van der Waals surface area contributed by atoms with E-state index in [2.05, 4.69) is 91.9 Å². The topological polar surface area (TPSA) is 0 Å². The number of rotatable bonds is 2. The summed E-state index contributed by atoms with van der Waals surface area (Å²) < 4.78 is 0. The first kappa shape index (κ1) is 15.6. The molecule has 3 aliphatic rings. The third kappa shape index (κ3) is 2.02. The molecule has 2 unspecified atom stereocenters. The summed E-state index contributed by atoms with van der Waals surface area (Å²) in [6.45, 7) is 2.38. The molecule has 5 rings (SSSR count). The van der Waals surface area contributed by atoms with Crippen molar-refractivity contribution in [2.24, 2.45) is 5.92 Å². The number of allylic oxidation sites excluding steroid dienone is 8. The Morgan fingerprint density at radius 1 is 0.846 bits per heavy atom. The molecule has 2 atom stereocenters. The third-order valence-electron chi connectivity index (χ3n) is 6.22. The zero-order valence-electron chi connectivity index (χ0n) is 15.3. The van der Waals surface area contributed by atoms with Gasteiger partial charge in [0.05, 0.1) is 5.41 Å². The molecule has 2 aromatic carbocycles. The molecule has 0 fully saturated rings. The highest BCUT2D eigenvalue weighted by Gasteiger charge is 2.48. The Kier molecular flexibility index (Phi) is 3.60. The van der Waals surface area contributed by atoms with Crippen molar-refractivity contribution in [1.29, 1.82) is 0 Å². The number of hydrogen-bond acceptors (Lipinski definition) is 0. The molecule has 26 heavy (non-hydrogen) atoms. The van der Waals surface area contributed by atoms with Gasteiger partial charge in [-0.25, -0.2) is 0 Å². The fraction of sp³-hybridized carbons (Fsp3) is 0.231. The van der Waals surface area contributed by atoms with Crippen LogP contribution in [0.3, 0.4) is 0 Å². The zero-order chi connectivity index (χ0) is 17.6. The summed E-state index contributed by atoms with van der Waals surface area (Å²) in [5, 5.41) is 0. The van der Waals surface area contributed by atoms with Crippen LogP contribution >= 0.6 is 0 Å². The molecule has 0 saturated carbocycles. The van der Waals surface area contributed by atoms with Crippen molar-refractivity contribution in [2.75, 3.05) is 0 Å². The summed E-state index contributed by atoms with van der Waals surface area (Å²) in [6, 6.07) is 20.2. The third-order valence-corrected chi connectivity index (χ3v) is 6.22. The maximum absolute atomic E-state index is 2.47. The quantitative estimate of drug-likeness (QED) is 0.578. The van der Waals surface area contributed by atoms with Crippen molar-refractivity contribution in [3.05, 3.63) is 113 Å². The maximum atomic E-state index is 2.47. The molecule has 0 saturated heterocycles. The van der Waals surface area contributed by atoms with Gasteiger partial charge in [0.15, 0.2) is 0 Å². The first-order chi connectivity index (χ1) is 12.8. The number of hydrogen-bond donors (Lipinski definition) is 0. The van der Waals surface area contributed by atoms with Crippen LogP contribution in [0.15, 0.2) is 96.1 Å². The lowest BCUT2D eigenvalue weighted by molar-refractivity contribution is 0.715. The predicted octanol–water partition coefficient (Wildman–Crippen LogP) is 6.61. The van der Waals surface area contributed by atoms with Crippen LogP contribution in [0, 0.1) is 5.92 Å². The smallest absolute Gasteiger partial charge is 0.0707 e. The van der Waals surface area contributed by atoms with E-state index >= 15 is 0 Å². The Balaban J connectivity index is 1.91. The second kappa shape index (κ2) is 5.99. The predicted molar refractivity (Wildman–Crippen MR) is 110 cm³/mol. The summed E-state index contributed by atoms with van der Waals surface area (Å²) in [7, 11) is 0. The van der Waals surface area contributed by atoms with Crippen LogP contribution in [0.5, 0.6) is 0 Å². The highest BCUT2D eigenvalue weighted by Crippen LogP contribution is 2.58. The Morgan fingerprint density at radius 2 is 1.65 bits per heavy atom. The number of fused-ring (bicyclic) bond motifs is 2. The molecule has 0 bridgehead atoms. The molecule has 0 amide bonds. The second-order valence-corrected chi connectivity index (χ2v) is 7.67. The van der Waals surface area contributed by atoms with Gasteiger partial charge in [-0.15, -0.1) is 0 Å². The van der Waals surface area contributed by atoms with Gasteiger partial charge >= 0.3 is 0 Å². The van der Waals surface area contributed by atoms with Gasteiger partial charge < -0.3 is 0 Å². The van der Waals surface area contributed by atoms with Crippen molar-refractivity contribution < 1.29 is 0 Å². The first-order valence-corrected chi connectivity index (χ1v) is 9.77. The van der Waals surface area contributed by atoms with E-state index in [4.69, 9.17) is 0 Å². The molecule has 3 aliphatic carbocycles. The van der Waals surface area contributed by atoms with Crippen molar-refractivity contribution in [3.8, 4) is 0 Å². The maximum Gasteiger partial charge on any atom is 0.0707 e. The van der Waals surface area contributed by atoms with E-state index in [1.54, 1.807) is 5.57 Å². The largest absolute Gasteiger partial charge is 0.0839 e. The van der Waals surface area contributed by atoms with Crippen LogP contribution in [0.4, 0.5) is 0 Å². The Labute approximate surface area is 156 Å². The monoisotopic (exact) mass is 336 g/mol. The highest BCUT2D eigenvalue weighted by atomic mass is 14.5. The first-order valence-electron chi connectivity index (χ1n) is 9.77. The minimum Gasteiger partial charge on any atom is -0.0839 e. The van der Waals surface area contributed by atoms with Crippen LogP contribution in [0.25, 0.3) is 5.57 Å². The standard InChI is InChI=1S/C26H24/c1-19-11-10-18-24-25(19)22-16-8-9-17-23(22)26(24,20-12-4-2-5-13-20)21-14-6-3-7-15-21/h2,4-6,8-10,12-19H,3,7,11H2,1H3. The molecule has 0 radical (unpaired) electrons. The molecule has 0 nitrogen and oxygen atoms in total. The minimum atomic E-state index is -0.171. The van der Waals surface area contributed by atoms with Crippen molar-refractivity contribution in [3.63, 3.8) is 0 Å². The number of benzene rings is 2. The van der Waals surface area contributed by atoms with E-state index in [1.807, 2.05) is 0 Å². The van der Waals surface area contributed by atoms with Crippen LogP contribution in [-0.2, 0) is 5.41 Å². The minimum absolute atomic E-state index is 0.171. The van der Waals surface area contributed by atoms with E-state index in [1.165, 1.54) is 27.8 Å². The van der Waals surface area contributed by atoms with Gasteiger partial charge in [-0.2, -0.15) is 0 Å². The normalized spacial score (nSPS) is 26.5. The van der Waals surface area contributed by atoms with E-state index in [9.17, 15) is 0 Å². The second-order valence-electron chi connectivity index (χ2n) is 7.67. The molecule has 0 heterocycles. The molecule has 2 aromatic rings. The lowest BCUT2D eigenvalue weighted by atomic mass is 9.64. The molecular formula is C26H24. The highest BCUT2D eigenvalue weighted by molar-refractivity contribution is 5.89. The fourth-order valence-electron chi connectivity index (χ4n) is 5.16. The Hall–Kier alpha value is -2.60. The van der Waals surface area contributed by atoms with Gasteiger partial charge in [0.1, 0.15) is 0 Å². The lowest BCUT2D eigenvalue weighted by Gasteiger charge is -2.37. The van der Waals surface area contributed by atoms with Crippen molar-refractivity contribution >= 4 is 5.57 Å². The lowest BCUT2D eigenvalue weighted by Crippen LogP contribution is -2.30. The van der Waals surface area contributed by atoms with Gasteiger partial charge in [-0.1, -0.05) is 91.9 Å². The van der Waals surface area contributed by atoms with Gasteiger partial charge in [-0.05, 0) is 58.6 Å². The molecule has 0 aromatic heterocycles. The van der Waals surface area contributed by atoms with E-state index in [0.717, 1.165) is 19.3 Å². The zero-order valence-corrected chi connectivity index (χ0v) is 15.3. The SMILES string of the molecule is CC1CC=CC2=C1c1ccccc1C2(C1=CCCC=C1)c1ccccc1. The summed E-state index contributed by atoms with van der Waals surface area (Å²) in [6.07, 6.45) is 15.4. The Bertz CT molecular complexity index is 968. The average Bonchev–Trinajstić information content (AvgIpc) is 3.02. The Morgan fingerprint density at radius 3 is 2.46 bits per heavy atom. The van der Waals surface area contributed by atoms with Crippen molar-refractivity contribution in [2.45, 2.75) is 31.6 Å². The molecule has 0 spiro atoms. The summed E-state index contributed by atoms with van der Waals surface area (Å²) in [4.78, 5) is 0.